The van der Waals surface area contributed by atoms with E-state index in [2.05, 4.69) is 11.0 Å². The van der Waals surface area contributed by atoms with E-state index in [1.54, 1.807) is 0 Å². The standard InChI is InChI=1S/C24H29N3O2S/c28-22(26(19-14-15-19)17-8-2-1-3-9-17)16-30-24-25-21-13-7-6-12-20(21)23(29)27(24)18-10-4-5-11-18/h6-8,12-13,18-19H,1-5,9-11,14-16H2. The number of aromatic nitrogens is 2. The molecule has 5 rings (SSSR count). The van der Waals surface area contributed by atoms with Gasteiger partial charge in [0.2, 0.25) is 5.91 Å². The summed E-state index contributed by atoms with van der Waals surface area (Å²) in [7, 11) is 0. The zero-order valence-electron chi connectivity index (χ0n) is 17.4. The number of hydrogen-bond donors (Lipinski definition) is 0. The molecule has 1 amide bonds. The van der Waals surface area contributed by atoms with E-state index < -0.39 is 0 Å². The second kappa shape index (κ2) is 8.58. The van der Waals surface area contributed by atoms with Crippen LogP contribution in [0.25, 0.3) is 10.9 Å². The van der Waals surface area contributed by atoms with Gasteiger partial charge < -0.3 is 4.90 Å². The Bertz CT molecular complexity index is 1030. The number of thioether (sulfide) groups is 1. The van der Waals surface area contributed by atoms with Gasteiger partial charge in [-0.25, -0.2) is 4.98 Å². The highest BCUT2D eigenvalue weighted by atomic mass is 32.2. The van der Waals surface area contributed by atoms with Crippen LogP contribution < -0.4 is 5.56 Å². The van der Waals surface area contributed by atoms with Crippen molar-refractivity contribution in [3.63, 3.8) is 0 Å². The molecular weight excluding hydrogens is 394 g/mol. The molecule has 6 heteroatoms. The summed E-state index contributed by atoms with van der Waals surface area (Å²) in [6.07, 6.45) is 13.3. The monoisotopic (exact) mass is 423 g/mol. The molecule has 2 aromatic rings. The fourth-order valence-electron chi connectivity index (χ4n) is 4.88. The van der Waals surface area contributed by atoms with Crippen molar-refractivity contribution in [3.8, 4) is 0 Å². The Labute approximate surface area is 181 Å². The van der Waals surface area contributed by atoms with Gasteiger partial charge in [0.1, 0.15) is 0 Å². The summed E-state index contributed by atoms with van der Waals surface area (Å²) in [4.78, 5) is 33.4. The topological polar surface area (TPSA) is 55.2 Å². The van der Waals surface area contributed by atoms with Crippen LogP contribution >= 0.6 is 11.8 Å². The molecule has 158 valence electrons. The maximum absolute atomic E-state index is 13.3. The van der Waals surface area contributed by atoms with Crippen LogP contribution in [-0.4, -0.2) is 32.2 Å². The summed E-state index contributed by atoms with van der Waals surface area (Å²) in [6.45, 7) is 0. The normalized spacial score (nSPS) is 19.8. The average molecular weight is 424 g/mol. The lowest BCUT2D eigenvalue weighted by atomic mass is 10.0. The van der Waals surface area contributed by atoms with E-state index in [0.29, 0.717) is 22.3 Å². The summed E-state index contributed by atoms with van der Waals surface area (Å²) in [5, 5.41) is 1.37. The average Bonchev–Trinajstić information content (AvgIpc) is 3.45. The third-order valence-corrected chi connectivity index (χ3v) is 7.48. The largest absolute Gasteiger partial charge is 0.313 e. The SMILES string of the molecule is O=C(CSc1nc2ccccc2c(=O)n1C1CCCC1)N(C1=CCCCC1)C1CC1. The molecule has 0 unspecified atom stereocenters. The summed E-state index contributed by atoms with van der Waals surface area (Å²) < 4.78 is 1.88. The second-order valence-corrected chi connectivity index (χ2v) is 9.69. The van der Waals surface area contributed by atoms with Gasteiger partial charge in [-0.05, 0) is 63.5 Å². The van der Waals surface area contributed by atoms with Gasteiger partial charge in [0, 0.05) is 17.8 Å². The zero-order chi connectivity index (χ0) is 20.5. The van der Waals surface area contributed by atoms with Crippen LogP contribution in [0, 0.1) is 0 Å². The highest BCUT2D eigenvalue weighted by molar-refractivity contribution is 7.99. The Kier molecular flexibility index (Phi) is 5.68. The molecule has 5 nitrogen and oxygen atoms in total. The smallest absolute Gasteiger partial charge is 0.262 e. The zero-order valence-corrected chi connectivity index (χ0v) is 18.2. The quantitative estimate of drug-likeness (QED) is 0.482. The van der Waals surface area contributed by atoms with Crippen LogP contribution in [-0.2, 0) is 4.79 Å². The van der Waals surface area contributed by atoms with Crippen LogP contribution in [0.2, 0.25) is 0 Å². The summed E-state index contributed by atoms with van der Waals surface area (Å²) in [6, 6.07) is 8.15. The van der Waals surface area contributed by atoms with Gasteiger partial charge in [0.05, 0.1) is 16.7 Å². The fraction of sp³-hybridized carbons (Fsp3) is 0.542. The maximum Gasteiger partial charge on any atom is 0.262 e. The van der Waals surface area contributed by atoms with Gasteiger partial charge in [-0.1, -0.05) is 42.8 Å². The van der Waals surface area contributed by atoms with E-state index in [9.17, 15) is 9.59 Å². The van der Waals surface area contributed by atoms with Crippen molar-refractivity contribution in [2.45, 2.75) is 81.4 Å². The minimum atomic E-state index is 0.0384. The molecule has 1 aromatic heterocycles. The second-order valence-electron chi connectivity index (χ2n) is 8.75. The fourth-order valence-corrected chi connectivity index (χ4v) is 5.80. The molecule has 0 bridgehead atoms. The Morgan fingerprint density at radius 2 is 1.90 bits per heavy atom. The first kappa shape index (κ1) is 19.9. The molecule has 1 aromatic carbocycles. The molecule has 0 radical (unpaired) electrons. The molecular formula is C24H29N3O2S. The molecule has 3 aliphatic carbocycles. The van der Waals surface area contributed by atoms with Gasteiger partial charge in [-0.15, -0.1) is 0 Å². The molecule has 30 heavy (non-hydrogen) atoms. The minimum absolute atomic E-state index is 0.0384. The molecule has 3 aliphatic rings. The number of rotatable bonds is 6. The molecule has 0 saturated heterocycles. The third kappa shape index (κ3) is 3.94. The van der Waals surface area contributed by atoms with Crippen LogP contribution in [0.5, 0.6) is 0 Å². The Hall–Kier alpha value is -2.08. The number of benzene rings is 1. The first-order valence-corrected chi connectivity index (χ1v) is 12.4. The number of carbonyl (C=O) groups excluding carboxylic acids is 1. The molecule has 0 aliphatic heterocycles. The van der Waals surface area contributed by atoms with E-state index in [0.717, 1.165) is 56.9 Å². The van der Waals surface area contributed by atoms with Crippen molar-refractivity contribution >= 4 is 28.6 Å². The van der Waals surface area contributed by atoms with Crippen molar-refractivity contribution in [1.82, 2.24) is 14.5 Å². The van der Waals surface area contributed by atoms with E-state index in [-0.39, 0.29) is 17.5 Å². The summed E-state index contributed by atoms with van der Waals surface area (Å²) >= 11 is 1.44. The highest BCUT2D eigenvalue weighted by Gasteiger charge is 2.35. The predicted molar refractivity (Wildman–Crippen MR) is 121 cm³/mol. The Morgan fingerprint density at radius 1 is 1.10 bits per heavy atom. The van der Waals surface area contributed by atoms with E-state index >= 15 is 0 Å². The van der Waals surface area contributed by atoms with Gasteiger partial charge in [-0.3, -0.25) is 14.2 Å². The van der Waals surface area contributed by atoms with E-state index in [4.69, 9.17) is 4.98 Å². The Morgan fingerprint density at radius 3 is 2.63 bits per heavy atom. The predicted octanol–water partition coefficient (Wildman–Crippen LogP) is 5.05. The third-order valence-electron chi connectivity index (χ3n) is 6.55. The number of nitrogens with zero attached hydrogens (tertiary/aromatic N) is 3. The van der Waals surface area contributed by atoms with Crippen LogP contribution in [0.4, 0.5) is 0 Å². The number of amides is 1. The molecule has 0 N–H and O–H groups in total. The number of para-hydroxylation sites is 1. The van der Waals surface area contributed by atoms with Crippen molar-refractivity contribution in [1.29, 1.82) is 0 Å². The first-order chi connectivity index (χ1) is 14.7. The summed E-state index contributed by atoms with van der Waals surface area (Å²) in [5.74, 6) is 0.502. The van der Waals surface area contributed by atoms with Crippen molar-refractivity contribution in [2.75, 3.05) is 5.75 Å². The number of hydrogen-bond acceptors (Lipinski definition) is 4. The molecule has 0 atom stereocenters. The van der Waals surface area contributed by atoms with Crippen molar-refractivity contribution in [2.24, 2.45) is 0 Å². The lowest BCUT2D eigenvalue weighted by Crippen LogP contribution is -2.35. The van der Waals surface area contributed by atoms with E-state index in [1.807, 2.05) is 28.8 Å². The lowest BCUT2D eigenvalue weighted by Gasteiger charge is -2.28. The minimum Gasteiger partial charge on any atom is -0.313 e. The highest BCUT2D eigenvalue weighted by Crippen LogP contribution is 2.36. The number of allylic oxidation sites excluding steroid dienone is 2. The van der Waals surface area contributed by atoms with Gasteiger partial charge >= 0.3 is 0 Å². The maximum atomic E-state index is 13.3. The molecule has 1 heterocycles. The number of fused-ring (bicyclic) bond motifs is 1. The first-order valence-electron chi connectivity index (χ1n) is 11.4. The van der Waals surface area contributed by atoms with Crippen LogP contribution in [0.15, 0.2) is 46.0 Å². The van der Waals surface area contributed by atoms with E-state index in [1.165, 1.54) is 30.3 Å². The Balaban J connectivity index is 1.43. The van der Waals surface area contributed by atoms with Gasteiger partial charge in [0.25, 0.3) is 5.56 Å². The lowest BCUT2D eigenvalue weighted by molar-refractivity contribution is -0.127. The van der Waals surface area contributed by atoms with Crippen molar-refractivity contribution in [3.05, 3.63) is 46.4 Å². The van der Waals surface area contributed by atoms with Crippen molar-refractivity contribution < 1.29 is 4.79 Å². The summed E-state index contributed by atoms with van der Waals surface area (Å²) in [5.41, 5.74) is 1.98. The van der Waals surface area contributed by atoms with Gasteiger partial charge in [-0.2, -0.15) is 0 Å². The van der Waals surface area contributed by atoms with Gasteiger partial charge in [0.15, 0.2) is 5.16 Å². The van der Waals surface area contributed by atoms with Crippen LogP contribution in [0.3, 0.4) is 0 Å². The molecule has 2 saturated carbocycles. The molecule has 2 fully saturated rings. The van der Waals surface area contributed by atoms with Crippen LogP contribution in [0.1, 0.15) is 70.3 Å². The number of carbonyl (C=O) groups is 1. The molecule has 0 spiro atoms.